The van der Waals surface area contributed by atoms with E-state index in [2.05, 4.69) is 214 Å². The van der Waals surface area contributed by atoms with E-state index >= 15 is 0 Å². The standard InChI is InChI=1S/C54H33N3O/c1-2-15-34(16-3-1)35-29-30-50-43(31-35)41-21-8-13-27-49(41)56(50)51-28-14-22-42-44-32-36(55-45-23-9-4-17-37(45)38-18-5-10-24-46(38)55)33-52(54(44)58-53(42)51)57-47-25-11-6-19-39(47)40-20-7-12-26-48(40)57/h1-33H. The van der Waals surface area contributed by atoms with Crippen LogP contribution >= 0.6 is 0 Å². The number of nitrogens with zero attached hydrogens (tertiary/aromatic N) is 3. The molecule has 0 spiro atoms. The Bertz CT molecular complexity index is 3690. The van der Waals surface area contributed by atoms with Crippen LogP contribution in [-0.2, 0) is 0 Å². The highest BCUT2D eigenvalue weighted by Crippen LogP contribution is 2.44. The number of aromatic nitrogens is 3. The van der Waals surface area contributed by atoms with Crippen LogP contribution in [0, 0.1) is 0 Å². The Morgan fingerprint density at radius 3 is 1.29 bits per heavy atom. The monoisotopic (exact) mass is 739 g/mol. The van der Waals surface area contributed by atoms with Gasteiger partial charge >= 0.3 is 0 Å². The van der Waals surface area contributed by atoms with E-state index in [9.17, 15) is 0 Å². The van der Waals surface area contributed by atoms with Gasteiger partial charge in [0.2, 0.25) is 0 Å². The highest BCUT2D eigenvalue weighted by atomic mass is 16.3. The van der Waals surface area contributed by atoms with Crippen molar-refractivity contribution in [1.29, 1.82) is 0 Å². The third kappa shape index (κ3) is 4.29. The normalized spacial score (nSPS) is 12.1. The summed E-state index contributed by atoms with van der Waals surface area (Å²) in [6.07, 6.45) is 0. The van der Waals surface area contributed by atoms with Gasteiger partial charge in [0.1, 0.15) is 0 Å². The van der Waals surface area contributed by atoms with Gasteiger partial charge in [-0.3, -0.25) is 0 Å². The second kappa shape index (κ2) is 11.8. The Morgan fingerprint density at radius 2 is 0.707 bits per heavy atom. The molecule has 0 aliphatic heterocycles. The van der Waals surface area contributed by atoms with Crippen LogP contribution in [0.1, 0.15) is 0 Å². The molecule has 0 bridgehead atoms. The van der Waals surface area contributed by atoms with Crippen molar-refractivity contribution in [2.45, 2.75) is 0 Å². The molecule has 0 aliphatic rings. The van der Waals surface area contributed by atoms with Gasteiger partial charge in [-0.05, 0) is 71.8 Å². The summed E-state index contributed by atoms with van der Waals surface area (Å²) in [5.74, 6) is 0. The van der Waals surface area contributed by atoms with E-state index in [1.54, 1.807) is 0 Å². The Balaban J connectivity index is 1.16. The first-order valence-electron chi connectivity index (χ1n) is 19.9. The van der Waals surface area contributed by atoms with E-state index in [4.69, 9.17) is 4.42 Å². The number of benzene rings is 9. The van der Waals surface area contributed by atoms with Crippen molar-refractivity contribution < 1.29 is 4.42 Å². The SMILES string of the molecule is c1ccc(-c2ccc3c(c2)c2ccccc2n3-c2cccc3c2oc2c(-n4c5ccccc5c5ccccc54)cc(-n4c5ccccc5c5ccccc54)cc23)cc1. The summed E-state index contributed by atoms with van der Waals surface area (Å²) in [7, 11) is 0. The molecule has 0 saturated heterocycles. The molecule has 4 heteroatoms. The fourth-order valence-electron chi connectivity index (χ4n) is 9.75. The number of hydrogen-bond acceptors (Lipinski definition) is 1. The fraction of sp³-hybridized carbons (Fsp3) is 0. The molecule has 4 nitrogen and oxygen atoms in total. The summed E-state index contributed by atoms with van der Waals surface area (Å²) in [6.45, 7) is 0. The zero-order chi connectivity index (χ0) is 37.9. The van der Waals surface area contributed by atoms with Crippen LogP contribution in [0.5, 0.6) is 0 Å². The molecule has 0 unspecified atom stereocenters. The lowest BCUT2D eigenvalue weighted by Crippen LogP contribution is -1.99. The largest absolute Gasteiger partial charge is 0.452 e. The van der Waals surface area contributed by atoms with Crippen molar-refractivity contribution >= 4 is 87.4 Å². The molecule has 13 aromatic rings. The van der Waals surface area contributed by atoms with Gasteiger partial charge in [-0.15, -0.1) is 0 Å². The van der Waals surface area contributed by atoms with Gasteiger partial charge in [0, 0.05) is 48.8 Å². The maximum absolute atomic E-state index is 7.35. The average Bonchev–Trinajstić information content (AvgIpc) is 4.03. The number of hydrogen-bond donors (Lipinski definition) is 0. The molecule has 0 radical (unpaired) electrons. The topological polar surface area (TPSA) is 27.9 Å². The molecule has 270 valence electrons. The van der Waals surface area contributed by atoms with E-state index in [0.29, 0.717) is 0 Å². The predicted molar refractivity (Wildman–Crippen MR) is 242 cm³/mol. The predicted octanol–water partition coefficient (Wildman–Crippen LogP) is 14.5. The lowest BCUT2D eigenvalue weighted by Gasteiger charge is -2.14. The highest BCUT2D eigenvalue weighted by Gasteiger charge is 2.24. The quantitative estimate of drug-likeness (QED) is 0.177. The molecular formula is C54H33N3O. The highest BCUT2D eigenvalue weighted by molar-refractivity contribution is 6.17. The van der Waals surface area contributed by atoms with Crippen molar-refractivity contribution in [1.82, 2.24) is 13.7 Å². The first kappa shape index (κ1) is 31.4. The van der Waals surface area contributed by atoms with Crippen LogP contribution in [0.2, 0.25) is 0 Å². The van der Waals surface area contributed by atoms with E-state index in [-0.39, 0.29) is 0 Å². The lowest BCUT2D eigenvalue weighted by atomic mass is 10.0. The summed E-state index contributed by atoms with van der Waals surface area (Å²) in [5, 5.41) is 9.46. The van der Waals surface area contributed by atoms with Crippen molar-refractivity contribution in [2.75, 3.05) is 0 Å². The summed E-state index contributed by atoms with van der Waals surface area (Å²) in [6, 6.07) is 72.4. The van der Waals surface area contributed by atoms with Crippen LogP contribution in [-0.4, -0.2) is 13.7 Å². The minimum atomic E-state index is 0.852. The zero-order valence-electron chi connectivity index (χ0n) is 31.3. The van der Waals surface area contributed by atoms with Gasteiger partial charge in [-0.1, -0.05) is 140 Å². The van der Waals surface area contributed by atoms with E-state index in [1.165, 1.54) is 54.5 Å². The third-order valence-electron chi connectivity index (χ3n) is 12.2. The summed E-state index contributed by atoms with van der Waals surface area (Å²) in [5.41, 5.74) is 14.1. The summed E-state index contributed by atoms with van der Waals surface area (Å²) in [4.78, 5) is 0. The first-order chi connectivity index (χ1) is 28.8. The number of furan rings is 1. The summed E-state index contributed by atoms with van der Waals surface area (Å²) < 4.78 is 14.6. The van der Waals surface area contributed by atoms with Gasteiger partial charge in [-0.2, -0.15) is 0 Å². The molecule has 4 heterocycles. The van der Waals surface area contributed by atoms with Gasteiger partial charge in [0.15, 0.2) is 11.2 Å². The second-order valence-corrected chi connectivity index (χ2v) is 15.3. The minimum Gasteiger partial charge on any atom is -0.452 e. The minimum absolute atomic E-state index is 0.852. The number of para-hydroxylation sites is 6. The lowest BCUT2D eigenvalue weighted by molar-refractivity contribution is 0.664. The van der Waals surface area contributed by atoms with Crippen LogP contribution < -0.4 is 0 Å². The maximum Gasteiger partial charge on any atom is 0.159 e. The smallest absolute Gasteiger partial charge is 0.159 e. The van der Waals surface area contributed by atoms with Gasteiger partial charge in [0.05, 0.1) is 44.5 Å². The molecule has 0 atom stereocenters. The van der Waals surface area contributed by atoms with Crippen molar-refractivity contribution in [2.24, 2.45) is 0 Å². The Kier molecular flexibility index (Phi) is 6.41. The van der Waals surface area contributed by atoms with E-state index < -0.39 is 0 Å². The molecule has 0 fully saturated rings. The van der Waals surface area contributed by atoms with Crippen LogP contribution in [0.25, 0.3) is 116 Å². The number of rotatable bonds is 4. The Labute approximate surface area is 332 Å². The molecular weight excluding hydrogens is 707 g/mol. The van der Waals surface area contributed by atoms with Crippen molar-refractivity contribution in [3.63, 3.8) is 0 Å². The summed E-state index contributed by atoms with van der Waals surface area (Å²) >= 11 is 0. The molecule has 4 aromatic heterocycles. The zero-order valence-corrected chi connectivity index (χ0v) is 31.3. The average molecular weight is 740 g/mol. The maximum atomic E-state index is 7.35. The van der Waals surface area contributed by atoms with E-state index in [0.717, 1.165) is 61.1 Å². The van der Waals surface area contributed by atoms with Crippen LogP contribution in [0.4, 0.5) is 0 Å². The molecule has 0 amide bonds. The van der Waals surface area contributed by atoms with Crippen LogP contribution in [0.15, 0.2) is 205 Å². The van der Waals surface area contributed by atoms with Crippen molar-refractivity contribution in [3.8, 4) is 28.2 Å². The molecule has 0 N–H and O–H groups in total. The Hall–Kier alpha value is -7.82. The second-order valence-electron chi connectivity index (χ2n) is 15.3. The third-order valence-corrected chi connectivity index (χ3v) is 12.2. The van der Waals surface area contributed by atoms with E-state index in [1.807, 2.05) is 0 Å². The fourth-order valence-corrected chi connectivity index (χ4v) is 9.75. The molecule has 9 aromatic carbocycles. The molecule has 0 aliphatic carbocycles. The number of fused-ring (bicyclic) bond motifs is 12. The molecule has 58 heavy (non-hydrogen) atoms. The molecule has 0 saturated carbocycles. The van der Waals surface area contributed by atoms with Crippen LogP contribution in [0.3, 0.4) is 0 Å². The van der Waals surface area contributed by atoms with Crippen molar-refractivity contribution in [3.05, 3.63) is 200 Å². The molecule has 13 rings (SSSR count). The van der Waals surface area contributed by atoms with Gasteiger partial charge in [-0.25, -0.2) is 0 Å². The van der Waals surface area contributed by atoms with Gasteiger partial charge in [0.25, 0.3) is 0 Å². The Morgan fingerprint density at radius 1 is 0.259 bits per heavy atom. The van der Waals surface area contributed by atoms with Gasteiger partial charge < -0.3 is 18.1 Å². The first-order valence-corrected chi connectivity index (χ1v) is 19.9.